The van der Waals surface area contributed by atoms with Crippen LogP contribution in [0.1, 0.15) is 38.1 Å². The minimum absolute atomic E-state index is 0.153. The Morgan fingerprint density at radius 3 is 2.58 bits per heavy atom. The number of hydrogen-bond donors (Lipinski definition) is 2. The Morgan fingerprint density at radius 1 is 1.42 bits per heavy atom. The topological polar surface area (TPSA) is 64.3 Å². The summed E-state index contributed by atoms with van der Waals surface area (Å²) in [7, 11) is 1.54. The van der Waals surface area contributed by atoms with Crippen molar-refractivity contribution in [2.24, 2.45) is 11.3 Å². The minimum Gasteiger partial charge on any atom is -0.496 e. The second kappa shape index (κ2) is 5.95. The third-order valence-electron chi connectivity index (χ3n) is 3.52. The van der Waals surface area contributed by atoms with Gasteiger partial charge in [-0.1, -0.05) is 27.7 Å². The van der Waals surface area contributed by atoms with Crippen LogP contribution >= 0.6 is 0 Å². The first-order chi connectivity index (χ1) is 8.75. The van der Waals surface area contributed by atoms with Gasteiger partial charge in [0.25, 0.3) is 5.91 Å². The highest BCUT2D eigenvalue weighted by atomic mass is 16.5. The first kappa shape index (κ1) is 15.3. The van der Waals surface area contributed by atoms with Gasteiger partial charge < -0.3 is 15.8 Å². The lowest BCUT2D eigenvalue weighted by Gasteiger charge is -2.27. The summed E-state index contributed by atoms with van der Waals surface area (Å²) in [5, 5.41) is 2.93. The van der Waals surface area contributed by atoms with Gasteiger partial charge in [0.1, 0.15) is 5.75 Å². The van der Waals surface area contributed by atoms with Crippen molar-refractivity contribution in [3.05, 3.63) is 23.8 Å². The van der Waals surface area contributed by atoms with E-state index in [1.54, 1.807) is 25.3 Å². The Hall–Kier alpha value is -1.71. The number of rotatable bonds is 4. The summed E-state index contributed by atoms with van der Waals surface area (Å²) in [5.74, 6) is 0.763. The number of anilines is 1. The van der Waals surface area contributed by atoms with Crippen LogP contribution in [-0.4, -0.2) is 19.6 Å². The van der Waals surface area contributed by atoms with Crippen LogP contribution in [0, 0.1) is 11.3 Å². The van der Waals surface area contributed by atoms with E-state index in [9.17, 15) is 4.79 Å². The van der Waals surface area contributed by atoms with Crippen LogP contribution in [-0.2, 0) is 0 Å². The lowest BCUT2D eigenvalue weighted by molar-refractivity contribution is 0.0934. The van der Waals surface area contributed by atoms with Gasteiger partial charge in [-0.2, -0.15) is 0 Å². The number of benzene rings is 1. The molecule has 4 heteroatoms. The molecule has 0 aromatic heterocycles. The van der Waals surface area contributed by atoms with E-state index in [4.69, 9.17) is 10.5 Å². The minimum atomic E-state index is -0.153. The quantitative estimate of drug-likeness (QED) is 0.822. The fourth-order valence-electron chi connectivity index (χ4n) is 1.55. The second-order valence-electron chi connectivity index (χ2n) is 5.94. The van der Waals surface area contributed by atoms with Crippen LogP contribution in [0.5, 0.6) is 5.75 Å². The molecule has 0 aliphatic carbocycles. The number of nitrogens with two attached hydrogens (primary N) is 1. The normalized spacial score (nSPS) is 12.9. The van der Waals surface area contributed by atoms with Gasteiger partial charge in [-0.3, -0.25) is 4.79 Å². The number of amides is 1. The number of carbonyl (C=O) groups is 1. The maximum atomic E-state index is 12.2. The maximum absolute atomic E-state index is 12.2. The van der Waals surface area contributed by atoms with Crippen LogP contribution in [0.3, 0.4) is 0 Å². The summed E-state index contributed by atoms with van der Waals surface area (Å²) in [6.07, 6.45) is 0. The van der Waals surface area contributed by atoms with Crippen molar-refractivity contribution in [1.82, 2.24) is 5.32 Å². The molecule has 106 valence electrons. The summed E-state index contributed by atoms with van der Waals surface area (Å²) in [4.78, 5) is 12.2. The van der Waals surface area contributed by atoms with Gasteiger partial charge in [-0.05, 0) is 29.5 Å². The molecule has 0 saturated heterocycles. The number of nitrogens with one attached hydrogen (secondary N) is 1. The number of nitrogen functional groups attached to an aromatic ring is 1. The summed E-state index contributed by atoms with van der Waals surface area (Å²) >= 11 is 0. The Bertz CT molecular complexity index is 450. The molecule has 0 radical (unpaired) electrons. The van der Waals surface area contributed by atoms with Crippen molar-refractivity contribution < 1.29 is 9.53 Å². The van der Waals surface area contributed by atoms with Crippen LogP contribution in [0.25, 0.3) is 0 Å². The van der Waals surface area contributed by atoms with Crippen LogP contribution in [0.15, 0.2) is 18.2 Å². The van der Waals surface area contributed by atoms with E-state index in [1.807, 2.05) is 0 Å². The fourth-order valence-corrected chi connectivity index (χ4v) is 1.55. The predicted molar refractivity (Wildman–Crippen MR) is 78.4 cm³/mol. The van der Waals surface area contributed by atoms with Crippen molar-refractivity contribution in [2.45, 2.75) is 27.7 Å². The zero-order chi connectivity index (χ0) is 14.6. The monoisotopic (exact) mass is 264 g/mol. The summed E-state index contributed by atoms with van der Waals surface area (Å²) < 4.78 is 5.18. The van der Waals surface area contributed by atoms with E-state index in [0.29, 0.717) is 29.5 Å². The number of methoxy groups -OCH3 is 1. The molecule has 1 rings (SSSR count). The van der Waals surface area contributed by atoms with Crippen LogP contribution < -0.4 is 15.8 Å². The molecule has 1 aromatic rings. The maximum Gasteiger partial charge on any atom is 0.255 e. The number of carbonyl (C=O) groups excluding carboxylic acids is 1. The molecule has 0 spiro atoms. The molecule has 1 atom stereocenters. The van der Waals surface area contributed by atoms with E-state index in [-0.39, 0.29) is 11.3 Å². The van der Waals surface area contributed by atoms with Gasteiger partial charge in [0.2, 0.25) is 0 Å². The second-order valence-corrected chi connectivity index (χ2v) is 5.94. The summed E-state index contributed by atoms with van der Waals surface area (Å²) in [6.45, 7) is 9.22. The van der Waals surface area contributed by atoms with E-state index < -0.39 is 0 Å². The van der Waals surface area contributed by atoms with E-state index >= 15 is 0 Å². The van der Waals surface area contributed by atoms with Crippen molar-refractivity contribution in [3.63, 3.8) is 0 Å². The highest BCUT2D eigenvalue weighted by molar-refractivity contribution is 5.97. The van der Waals surface area contributed by atoms with E-state index in [2.05, 4.69) is 33.0 Å². The molecular weight excluding hydrogens is 240 g/mol. The molecule has 0 aliphatic rings. The summed E-state index contributed by atoms with van der Waals surface area (Å²) in [5.41, 5.74) is 6.90. The molecule has 4 nitrogen and oxygen atoms in total. The van der Waals surface area contributed by atoms with Crippen LogP contribution in [0.4, 0.5) is 5.69 Å². The first-order valence-corrected chi connectivity index (χ1v) is 6.47. The largest absolute Gasteiger partial charge is 0.496 e. The third-order valence-corrected chi connectivity index (χ3v) is 3.52. The lowest BCUT2D eigenvalue weighted by atomic mass is 9.82. The predicted octanol–water partition coefficient (Wildman–Crippen LogP) is 2.69. The number of hydrogen-bond acceptors (Lipinski definition) is 3. The highest BCUT2D eigenvalue weighted by Gasteiger charge is 2.21. The number of ether oxygens (including phenoxy) is 1. The van der Waals surface area contributed by atoms with Crippen molar-refractivity contribution >= 4 is 11.6 Å². The molecule has 0 aliphatic heterocycles. The molecule has 0 saturated carbocycles. The Kier molecular flexibility index (Phi) is 4.81. The Balaban J connectivity index is 2.76. The fraction of sp³-hybridized carbons (Fsp3) is 0.533. The SMILES string of the molecule is COc1ccc(N)cc1C(=O)NCC(C)C(C)(C)C. The Morgan fingerprint density at radius 2 is 2.05 bits per heavy atom. The lowest BCUT2D eigenvalue weighted by Crippen LogP contribution is -2.33. The van der Waals surface area contributed by atoms with Gasteiger partial charge in [-0.25, -0.2) is 0 Å². The van der Waals surface area contributed by atoms with Gasteiger partial charge in [0, 0.05) is 12.2 Å². The van der Waals surface area contributed by atoms with E-state index in [0.717, 1.165) is 0 Å². The zero-order valence-corrected chi connectivity index (χ0v) is 12.4. The molecule has 0 fully saturated rings. The van der Waals surface area contributed by atoms with Crippen molar-refractivity contribution in [1.29, 1.82) is 0 Å². The van der Waals surface area contributed by atoms with Crippen molar-refractivity contribution in [3.8, 4) is 5.75 Å². The van der Waals surface area contributed by atoms with Gasteiger partial charge in [0.15, 0.2) is 0 Å². The summed E-state index contributed by atoms with van der Waals surface area (Å²) in [6, 6.07) is 5.06. The molecule has 1 unspecified atom stereocenters. The molecular formula is C15H24N2O2. The molecule has 0 bridgehead atoms. The Labute approximate surface area is 115 Å². The highest BCUT2D eigenvalue weighted by Crippen LogP contribution is 2.25. The smallest absolute Gasteiger partial charge is 0.255 e. The molecule has 1 aromatic carbocycles. The average Bonchev–Trinajstić information content (AvgIpc) is 2.34. The molecule has 1 amide bonds. The van der Waals surface area contributed by atoms with Gasteiger partial charge in [-0.15, -0.1) is 0 Å². The van der Waals surface area contributed by atoms with Gasteiger partial charge >= 0.3 is 0 Å². The molecule has 0 heterocycles. The zero-order valence-electron chi connectivity index (χ0n) is 12.4. The van der Waals surface area contributed by atoms with E-state index in [1.165, 1.54) is 0 Å². The molecule has 3 N–H and O–H groups in total. The van der Waals surface area contributed by atoms with Crippen molar-refractivity contribution in [2.75, 3.05) is 19.4 Å². The van der Waals surface area contributed by atoms with Crippen LogP contribution in [0.2, 0.25) is 0 Å². The molecule has 19 heavy (non-hydrogen) atoms. The van der Waals surface area contributed by atoms with Gasteiger partial charge in [0.05, 0.1) is 12.7 Å². The average molecular weight is 264 g/mol. The third kappa shape index (κ3) is 4.16. The standard InChI is InChI=1S/C15H24N2O2/c1-10(15(2,3)4)9-17-14(18)12-8-11(16)6-7-13(12)19-5/h6-8,10H,9,16H2,1-5H3,(H,17,18). The first-order valence-electron chi connectivity index (χ1n) is 6.47.